The Kier molecular flexibility index (Phi) is 7.23. The van der Waals surface area contributed by atoms with E-state index in [9.17, 15) is 13.2 Å². The Hall–Kier alpha value is -3.81. The predicted octanol–water partition coefficient (Wildman–Crippen LogP) is 9.52. The molecule has 0 atom stereocenters. The first-order valence-electron chi connectivity index (χ1n) is 14.2. The number of benzene rings is 3. The fraction of sp³-hybridized carbons (Fsp3) is 0.286. The number of hydrogen-bond donors (Lipinski definition) is 0. The van der Waals surface area contributed by atoms with Crippen LogP contribution in [0.15, 0.2) is 97.3 Å². The molecule has 0 saturated carbocycles. The zero-order valence-corrected chi connectivity index (χ0v) is 25.0. The number of pyridine rings is 1. The first-order valence-corrected chi connectivity index (χ1v) is 14.2. The number of halogens is 6. The summed E-state index contributed by atoms with van der Waals surface area (Å²) in [5.41, 5.74) is -1.22. The number of hydrogen-bond acceptors (Lipinski definition) is 0. The Labute approximate surface area is 248 Å². The van der Waals surface area contributed by atoms with Gasteiger partial charge in [-0.3, -0.25) is 0 Å². The molecular formula is C35H34BF6N. The zero-order valence-electron chi connectivity index (χ0n) is 25.0. The van der Waals surface area contributed by atoms with Crippen molar-refractivity contribution in [1.82, 2.24) is 0 Å². The van der Waals surface area contributed by atoms with E-state index in [2.05, 4.69) is 0 Å². The molecule has 43 heavy (non-hydrogen) atoms. The molecule has 0 amide bonds. The van der Waals surface area contributed by atoms with Gasteiger partial charge in [0.2, 0.25) is 0 Å². The number of nitrogens with zero attached hydrogens (tertiary/aromatic N) is 1. The van der Waals surface area contributed by atoms with E-state index in [1.165, 1.54) is 0 Å². The summed E-state index contributed by atoms with van der Waals surface area (Å²) in [5, 5.41) is 1.77. The normalized spacial score (nSPS) is 17.6. The average Bonchev–Trinajstić information content (AvgIpc) is 2.89. The summed E-state index contributed by atoms with van der Waals surface area (Å²) in [6.45, 7) is 11.7. The maximum atomic E-state index is 15.1. The minimum atomic E-state index is -4.92. The van der Waals surface area contributed by atoms with E-state index in [0.717, 1.165) is 16.8 Å². The second-order valence-corrected chi connectivity index (χ2v) is 13.6. The summed E-state index contributed by atoms with van der Waals surface area (Å²) in [7, 11) is 0. The Bertz CT molecular complexity index is 1680. The molecule has 224 valence electrons. The van der Waals surface area contributed by atoms with Crippen molar-refractivity contribution >= 4 is 33.5 Å². The molecule has 0 fully saturated rings. The van der Waals surface area contributed by atoms with Gasteiger partial charge in [-0.25, -0.2) is 0 Å². The van der Waals surface area contributed by atoms with Crippen molar-refractivity contribution in [2.75, 3.05) is 0 Å². The summed E-state index contributed by atoms with van der Waals surface area (Å²) in [6.07, 6.45) is -5.45. The number of rotatable bonds is 2. The van der Waals surface area contributed by atoms with Gasteiger partial charge in [0, 0.05) is 5.56 Å². The summed E-state index contributed by atoms with van der Waals surface area (Å²) in [5.74, 6) is 0. The molecule has 1 aliphatic rings. The highest BCUT2D eigenvalue weighted by Crippen LogP contribution is 2.49. The fourth-order valence-electron chi connectivity index (χ4n) is 6.60. The van der Waals surface area contributed by atoms with Crippen LogP contribution in [0.4, 0.5) is 26.3 Å². The zero-order chi connectivity index (χ0) is 31.6. The molecule has 0 bridgehead atoms. The minimum Gasteiger partial charge on any atom is -0.415 e. The van der Waals surface area contributed by atoms with Gasteiger partial charge in [0.05, 0.1) is 5.56 Å². The van der Waals surface area contributed by atoms with Crippen LogP contribution in [0.1, 0.15) is 63.8 Å². The Morgan fingerprint density at radius 3 is 1.56 bits per heavy atom. The summed E-state index contributed by atoms with van der Waals surface area (Å²) in [4.78, 5) is 0. The SMILES string of the molecule is CC(C)(C)/C=C1\c2cccc3cccc(c23)/C(=C\C(C)(C)C)[B-]1(c1cc(C(F)(F)F)ccc1C(F)(F)F)[n+]1ccccc1. The van der Waals surface area contributed by atoms with Crippen molar-refractivity contribution in [3.8, 4) is 0 Å². The molecule has 1 aromatic heterocycles. The molecular weight excluding hydrogens is 559 g/mol. The summed E-state index contributed by atoms with van der Waals surface area (Å²) >= 11 is 0. The lowest BCUT2D eigenvalue weighted by Gasteiger charge is -2.47. The van der Waals surface area contributed by atoms with E-state index in [-0.39, 0.29) is 0 Å². The van der Waals surface area contributed by atoms with Gasteiger partial charge in [-0.15, -0.1) is 28.6 Å². The third-order valence-corrected chi connectivity index (χ3v) is 7.92. The molecule has 0 aliphatic carbocycles. The van der Waals surface area contributed by atoms with Crippen molar-refractivity contribution < 1.29 is 30.8 Å². The Balaban J connectivity index is 2.17. The lowest BCUT2D eigenvalue weighted by molar-refractivity contribution is -0.538. The van der Waals surface area contributed by atoms with E-state index in [1.807, 2.05) is 90.1 Å². The molecule has 0 N–H and O–H groups in total. The van der Waals surface area contributed by atoms with E-state index < -0.39 is 46.1 Å². The molecule has 0 radical (unpaired) electrons. The van der Waals surface area contributed by atoms with Crippen LogP contribution in [0.3, 0.4) is 0 Å². The first kappa shape index (κ1) is 30.6. The monoisotopic (exact) mass is 593 g/mol. The Morgan fingerprint density at radius 2 is 1.12 bits per heavy atom. The van der Waals surface area contributed by atoms with Gasteiger partial charge in [0.1, 0.15) is 12.4 Å². The first-order chi connectivity index (χ1) is 19.8. The molecule has 4 aromatic rings. The van der Waals surface area contributed by atoms with Crippen LogP contribution in [-0.4, -0.2) is 6.28 Å². The lowest BCUT2D eigenvalue weighted by Crippen LogP contribution is -2.75. The number of aromatic nitrogens is 1. The van der Waals surface area contributed by atoms with Crippen LogP contribution in [0, 0.1) is 10.8 Å². The quantitative estimate of drug-likeness (QED) is 0.161. The maximum Gasteiger partial charge on any atom is 0.416 e. The van der Waals surface area contributed by atoms with Crippen molar-refractivity contribution in [2.45, 2.75) is 53.9 Å². The second kappa shape index (κ2) is 10.1. The molecule has 1 nitrogen and oxygen atoms in total. The second-order valence-electron chi connectivity index (χ2n) is 13.6. The third kappa shape index (κ3) is 5.52. The predicted molar refractivity (Wildman–Crippen MR) is 163 cm³/mol. The highest BCUT2D eigenvalue weighted by molar-refractivity contribution is 7.14. The van der Waals surface area contributed by atoms with Gasteiger partial charge in [0.15, 0.2) is 0 Å². The molecule has 1 aliphatic heterocycles. The van der Waals surface area contributed by atoms with Crippen LogP contribution >= 0.6 is 0 Å². The average molecular weight is 593 g/mol. The molecule has 0 saturated heterocycles. The van der Waals surface area contributed by atoms with Gasteiger partial charge >= 0.3 is 18.6 Å². The summed E-state index contributed by atoms with van der Waals surface area (Å²) < 4.78 is 89.9. The van der Waals surface area contributed by atoms with Gasteiger partial charge in [-0.1, -0.05) is 96.1 Å². The molecule has 3 aromatic carbocycles. The van der Waals surface area contributed by atoms with Crippen LogP contribution in [0.25, 0.3) is 21.7 Å². The lowest BCUT2D eigenvalue weighted by atomic mass is 9.19. The van der Waals surface area contributed by atoms with E-state index in [4.69, 9.17) is 0 Å². The topological polar surface area (TPSA) is 3.88 Å². The smallest absolute Gasteiger partial charge is 0.415 e. The molecule has 0 spiro atoms. The Morgan fingerprint density at radius 1 is 0.605 bits per heavy atom. The maximum absolute atomic E-state index is 15.1. The van der Waals surface area contributed by atoms with Crippen LogP contribution < -0.4 is 9.94 Å². The van der Waals surface area contributed by atoms with Gasteiger partial charge in [-0.2, -0.15) is 26.3 Å². The standard InChI is InChI=1S/C35H34BF6N/c1-32(2,3)21-29-25-14-10-12-23-13-11-15-26(31(23)25)30(22-33(4,5)6)36(29,43-18-8-7-9-19-43)28-20-24(34(37,38)39)16-17-27(28)35(40,41)42/h7-22H,1-6H3/b29-21+,30-22+. The number of allylic oxidation sites excluding steroid dienone is 2. The number of alkyl halides is 6. The van der Waals surface area contributed by atoms with Crippen LogP contribution in [0.2, 0.25) is 0 Å². The van der Waals surface area contributed by atoms with Gasteiger partial charge in [0.25, 0.3) is 0 Å². The highest BCUT2D eigenvalue weighted by atomic mass is 19.4. The molecule has 5 rings (SSSR count). The van der Waals surface area contributed by atoms with Gasteiger partial charge < -0.3 is 4.48 Å². The van der Waals surface area contributed by atoms with Crippen molar-refractivity contribution in [2.24, 2.45) is 10.8 Å². The minimum absolute atomic E-state index is 0.420. The van der Waals surface area contributed by atoms with Crippen LogP contribution in [0.5, 0.6) is 0 Å². The highest BCUT2D eigenvalue weighted by Gasteiger charge is 2.54. The van der Waals surface area contributed by atoms with E-state index in [0.29, 0.717) is 34.2 Å². The molecule has 8 heteroatoms. The van der Waals surface area contributed by atoms with Crippen molar-refractivity contribution in [1.29, 1.82) is 0 Å². The van der Waals surface area contributed by atoms with E-state index >= 15 is 13.2 Å². The largest absolute Gasteiger partial charge is 0.416 e. The third-order valence-electron chi connectivity index (χ3n) is 7.92. The van der Waals surface area contributed by atoms with E-state index in [1.54, 1.807) is 35.1 Å². The van der Waals surface area contributed by atoms with Crippen molar-refractivity contribution in [3.05, 3.63) is 120 Å². The fourth-order valence-corrected chi connectivity index (χ4v) is 6.60. The molecule has 2 heterocycles. The molecule has 0 unspecified atom stereocenters. The van der Waals surface area contributed by atoms with Crippen molar-refractivity contribution in [3.63, 3.8) is 0 Å². The van der Waals surface area contributed by atoms with Gasteiger partial charge in [-0.05, 0) is 50.9 Å². The summed E-state index contributed by atoms with van der Waals surface area (Å²) in [6, 6.07) is 18.4. The van der Waals surface area contributed by atoms with Crippen LogP contribution in [-0.2, 0) is 12.4 Å².